The standard InChI is InChI=1S/C59H36/c1-2-14-38(15-3-1)57-47-20-6-8-22-49(47)58(50-23-9-7-21-48(50)57)39-28-26-37(27-29-39)42-30-31-43-34-52-51-33-40-16-4-5-17-41(40)35-55(51)59(56(52)36-44(43)32-42)53-24-12-10-18-45(53)46-19-11-13-25-54(46)59/h1-36H. The van der Waals surface area contributed by atoms with Crippen molar-refractivity contribution in [2.24, 2.45) is 0 Å². The van der Waals surface area contributed by atoms with Crippen molar-refractivity contribution < 1.29 is 0 Å². The molecule has 0 nitrogen and oxygen atoms in total. The van der Waals surface area contributed by atoms with Gasteiger partial charge in [-0.05, 0) is 151 Å². The summed E-state index contributed by atoms with van der Waals surface area (Å²) >= 11 is 0. The van der Waals surface area contributed by atoms with Crippen molar-refractivity contribution in [1.82, 2.24) is 0 Å². The Kier molecular flexibility index (Phi) is 6.74. The van der Waals surface area contributed by atoms with E-state index in [-0.39, 0.29) is 0 Å². The van der Waals surface area contributed by atoms with E-state index in [1.165, 1.54) is 121 Å². The summed E-state index contributed by atoms with van der Waals surface area (Å²) in [5.74, 6) is 0. The Balaban J connectivity index is 0.982. The van der Waals surface area contributed by atoms with Gasteiger partial charge in [0.05, 0.1) is 5.41 Å². The summed E-state index contributed by atoms with van der Waals surface area (Å²) < 4.78 is 0. The molecule has 1 spiro atoms. The summed E-state index contributed by atoms with van der Waals surface area (Å²) in [4.78, 5) is 0. The molecule has 0 fully saturated rings. The molecule has 0 heterocycles. The molecular formula is C59H36. The number of rotatable bonds is 3. The molecule has 0 N–H and O–H groups in total. The fraction of sp³-hybridized carbons (Fsp3) is 0.0169. The second-order valence-electron chi connectivity index (χ2n) is 16.3. The summed E-state index contributed by atoms with van der Waals surface area (Å²) in [7, 11) is 0. The average molecular weight is 745 g/mol. The van der Waals surface area contributed by atoms with Gasteiger partial charge in [-0.15, -0.1) is 0 Å². The number of benzene rings is 11. The van der Waals surface area contributed by atoms with Crippen molar-refractivity contribution in [3.63, 3.8) is 0 Å². The monoisotopic (exact) mass is 744 g/mol. The Labute approximate surface area is 343 Å². The third-order valence-corrected chi connectivity index (χ3v) is 13.4. The summed E-state index contributed by atoms with van der Waals surface area (Å²) in [5, 5.41) is 10.2. The van der Waals surface area contributed by atoms with Crippen molar-refractivity contribution in [3.8, 4) is 55.6 Å². The molecule has 0 aliphatic heterocycles. The van der Waals surface area contributed by atoms with E-state index >= 15 is 0 Å². The first-order chi connectivity index (χ1) is 29.3. The lowest BCUT2D eigenvalue weighted by Crippen LogP contribution is -2.25. The van der Waals surface area contributed by atoms with Gasteiger partial charge in [-0.3, -0.25) is 0 Å². The molecule has 0 aromatic heterocycles. The largest absolute Gasteiger partial charge is 0.0725 e. The third kappa shape index (κ3) is 4.49. The minimum atomic E-state index is -0.394. The SMILES string of the molecule is c1ccc(-c2c3ccccc3c(-c3ccc(-c4ccc5cc6c(cc5c4)C4(c5ccccc5-c5ccccc54)c4cc5ccccc5cc4-6)cc3)c3ccccc23)cc1. The fourth-order valence-electron chi connectivity index (χ4n) is 10.9. The van der Waals surface area contributed by atoms with Gasteiger partial charge in [0, 0.05) is 0 Å². The predicted octanol–water partition coefficient (Wildman–Crippen LogP) is 15.6. The molecule has 272 valence electrons. The molecule has 11 aromatic rings. The van der Waals surface area contributed by atoms with Crippen LogP contribution in [0.1, 0.15) is 22.3 Å². The van der Waals surface area contributed by atoms with Gasteiger partial charge in [0.25, 0.3) is 0 Å². The van der Waals surface area contributed by atoms with E-state index in [0.717, 1.165) is 0 Å². The predicted molar refractivity (Wildman–Crippen MR) is 249 cm³/mol. The number of fused-ring (bicyclic) bond motifs is 14. The van der Waals surface area contributed by atoms with Gasteiger partial charge in [-0.25, -0.2) is 0 Å². The Bertz CT molecular complexity index is 3430. The van der Waals surface area contributed by atoms with E-state index in [1.54, 1.807) is 0 Å². The molecule has 0 unspecified atom stereocenters. The van der Waals surface area contributed by atoms with E-state index in [4.69, 9.17) is 0 Å². The Morgan fingerprint density at radius 1 is 0.220 bits per heavy atom. The van der Waals surface area contributed by atoms with Gasteiger partial charge in [0.2, 0.25) is 0 Å². The van der Waals surface area contributed by atoms with Crippen LogP contribution in [0.2, 0.25) is 0 Å². The van der Waals surface area contributed by atoms with Gasteiger partial charge >= 0.3 is 0 Å². The first-order valence-corrected chi connectivity index (χ1v) is 20.7. The normalized spacial score (nSPS) is 13.2. The molecule has 0 radical (unpaired) electrons. The van der Waals surface area contributed by atoms with Crippen LogP contribution in [0.25, 0.3) is 98.7 Å². The maximum absolute atomic E-state index is 2.51. The minimum Gasteiger partial charge on any atom is -0.0622 e. The quantitative estimate of drug-likeness (QED) is 0.158. The smallest absolute Gasteiger partial charge is 0.0622 e. The van der Waals surface area contributed by atoms with E-state index < -0.39 is 5.41 Å². The summed E-state index contributed by atoms with van der Waals surface area (Å²) in [5.41, 5.74) is 17.9. The second kappa shape index (κ2) is 12.2. The number of hydrogen-bond donors (Lipinski definition) is 0. The van der Waals surface area contributed by atoms with Crippen molar-refractivity contribution in [3.05, 3.63) is 241 Å². The fourth-order valence-corrected chi connectivity index (χ4v) is 10.9. The van der Waals surface area contributed by atoms with E-state index in [2.05, 4.69) is 218 Å². The van der Waals surface area contributed by atoms with E-state index in [0.29, 0.717) is 0 Å². The maximum Gasteiger partial charge on any atom is 0.0725 e. The zero-order valence-electron chi connectivity index (χ0n) is 32.3. The minimum absolute atomic E-state index is 0.394. The molecule has 0 bridgehead atoms. The van der Waals surface area contributed by atoms with Gasteiger partial charge < -0.3 is 0 Å². The number of hydrogen-bond acceptors (Lipinski definition) is 0. The Morgan fingerprint density at radius 3 is 1.20 bits per heavy atom. The molecule has 0 heteroatoms. The lowest BCUT2D eigenvalue weighted by Gasteiger charge is -2.30. The highest BCUT2D eigenvalue weighted by atomic mass is 14.5. The van der Waals surface area contributed by atoms with Crippen LogP contribution in [0.4, 0.5) is 0 Å². The lowest BCUT2D eigenvalue weighted by molar-refractivity contribution is 0.796. The molecule has 0 saturated heterocycles. The van der Waals surface area contributed by atoms with Crippen molar-refractivity contribution in [2.75, 3.05) is 0 Å². The first-order valence-electron chi connectivity index (χ1n) is 20.7. The van der Waals surface area contributed by atoms with Crippen LogP contribution < -0.4 is 0 Å². The van der Waals surface area contributed by atoms with Crippen molar-refractivity contribution in [2.45, 2.75) is 5.41 Å². The Hall–Kier alpha value is -7.54. The maximum atomic E-state index is 2.51. The van der Waals surface area contributed by atoms with Crippen molar-refractivity contribution in [1.29, 1.82) is 0 Å². The average Bonchev–Trinajstić information content (AvgIpc) is 3.75. The molecule has 13 rings (SSSR count). The summed E-state index contributed by atoms with van der Waals surface area (Å²) in [6.07, 6.45) is 0. The van der Waals surface area contributed by atoms with Gasteiger partial charge in [0.15, 0.2) is 0 Å². The molecule has 2 aliphatic carbocycles. The zero-order valence-corrected chi connectivity index (χ0v) is 32.3. The molecule has 2 aliphatic rings. The van der Waals surface area contributed by atoms with Crippen LogP contribution in [0.5, 0.6) is 0 Å². The highest BCUT2D eigenvalue weighted by Gasteiger charge is 2.51. The molecule has 59 heavy (non-hydrogen) atoms. The van der Waals surface area contributed by atoms with E-state index in [9.17, 15) is 0 Å². The molecule has 0 atom stereocenters. The lowest BCUT2D eigenvalue weighted by atomic mass is 9.70. The van der Waals surface area contributed by atoms with Crippen LogP contribution in [0.15, 0.2) is 218 Å². The topological polar surface area (TPSA) is 0 Å². The molecule has 0 saturated carbocycles. The van der Waals surface area contributed by atoms with Gasteiger partial charge in [-0.2, -0.15) is 0 Å². The van der Waals surface area contributed by atoms with Crippen LogP contribution >= 0.6 is 0 Å². The Morgan fingerprint density at radius 2 is 0.627 bits per heavy atom. The van der Waals surface area contributed by atoms with Crippen LogP contribution in [0.3, 0.4) is 0 Å². The third-order valence-electron chi connectivity index (χ3n) is 13.4. The zero-order chi connectivity index (χ0) is 38.7. The van der Waals surface area contributed by atoms with Gasteiger partial charge in [-0.1, -0.05) is 188 Å². The highest BCUT2D eigenvalue weighted by molar-refractivity contribution is 6.21. The second-order valence-corrected chi connectivity index (χ2v) is 16.3. The molecular weight excluding hydrogens is 709 g/mol. The van der Waals surface area contributed by atoms with Crippen LogP contribution in [-0.2, 0) is 5.41 Å². The van der Waals surface area contributed by atoms with E-state index in [1.807, 2.05) is 0 Å². The first kappa shape index (κ1) is 32.5. The molecule has 11 aromatic carbocycles. The molecule has 0 amide bonds. The summed E-state index contributed by atoms with van der Waals surface area (Å²) in [6.45, 7) is 0. The highest BCUT2D eigenvalue weighted by Crippen LogP contribution is 2.63. The van der Waals surface area contributed by atoms with Crippen molar-refractivity contribution >= 4 is 43.1 Å². The summed E-state index contributed by atoms with van der Waals surface area (Å²) in [6, 6.07) is 81.8. The van der Waals surface area contributed by atoms with Crippen LogP contribution in [0, 0.1) is 0 Å². The van der Waals surface area contributed by atoms with Gasteiger partial charge in [0.1, 0.15) is 0 Å². The van der Waals surface area contributed by atoms with Crippen LogP contribution in [-0.4, -0.2) is 0 Å².